The molecule has 1 aromatic rings. The molecule has 0 radical (unpaired) electrons. The summed E-state index contributed by atoms with van der Waals surface area (Å²) in [5.74, 6) is -0.671. The van der Waals surface area contributed by atoms with Crippen molar-refractivity contribution in [1.29, 1.82) is 0 Å². The first kappa shape index (κ1) is 15.6. The van der Waals surface area contributed by atoms with Crippen molar-refractivity contribution < 1.29 is 24.1 Å². The van der Waals surface area contributed by atoms with E-state index in [1.165, 1.54) is 0 Å². The van der Waals surface area contributed by atoms with Gasteiger partial charge in [-0.25, -0.2) is 0 Å². The van der Waals surface area contributed by atoms with Gasteiger partial charge >= 0.3 is 0 Å². The van der Waals surface area contributed by atoms with E-state index >= 15 is 0 Å². The Morgan fingerprint density at radius 2 is 2.00 bits per heavy atom. The van der Waals surface area contributed by atoms with E-state index in [2.05, 4.69) is 0 Å². The van der Waals surface area contributed by atoms with Crippen molar-refractivity contribution >= 4 is 0 Å². The van der Waals surface area contributed by atoms with E-state index in [0.29, 0.717) is 6.61 Å². The zero-order chi connectivity index (χ0) is 15.6. The average Bonchev–Trinajstić information content (AvgIpc) is 2.95. The monoisotopic (exact) mass is 306 g/mol. The molecular formula is C17H22O5. The third kappa shape index (κ3) is 3.39. The average molecular weight is 306 g/mol. The third-order valence-corrected chi connectivity index (χ3v) is 3.74. The van der Waals surface area contributed by atoms with Crippen molar-refractivity contribution in [2.24, 2.45) is 0 Å². The van der Waals surface area contributed by atoms with Crippen LogP contribution in [0, 0.1) is 0 Å². The maximum absolute atomic E-state index is 8.96. The van der Waals surface area contributed by atoms with Crippen LogP contribution in [0.15, 0.2) is 42.5 Å². The molecule has 0 aromatic heterocycles. The number of fused-ring (bicyclic) bond motifs is 1. The highest BCUT2D eigenvalue weighted by atomic mass is 16.8. The van der Waals surface area contributed by atoms with Crippen LogP contribution in [0.3, 0.4) is 0 Å². The van der Waals surface area contributed by atoms with Crippen molar-refractivity contribution in [1.82, 2.24) is 0 Å². The van der Waals surface area contributed by atoms with Crippen LogP contribution >= 0.6 is 0 Å². The minimum atomic E-state index is -0.671. The minimum Gasteiger partial charge on any atom is -0.392 e. The fourth-order valence-corrected chi connectivity index (χ4v) is 2.81. The molecule has 0 saturated carbocycles. The first-order chi connectivity index (χ1) is 10.6. The van der Waals surface area contributed by atoms with Gasteiger partial charge in [0.25, 0.3) is 0 Å². The molecule has 0 spiro atoms. The second-order valence-corrected chi connectivity index (χ2v) is 5.94. The quantitative estimate of drug-likeness (QED) is 0.843. The zero-order valence-corrected chi connectivity index (χ0v) is 12.8. The molecule has 3 rings (SSSR count). The maximum atomic E-state index is 8.96. The van der Waals surface area contributed by atoms with Crippen LogP contribution in [0.25, 0.3) is 0 Å². The largest absolute Gasteiger partial charge is 0.392 e. The smallest absolute Gasteiger partial charge is 0.190 e. The van der Waals surface area contributed by atoms with Crippen LogP contribution in [0.4, 0.5) is 0 Å². The van der Waals surface area contributed by atoms with E-state index in [1.54, 1.807) is 12.2 Å². The summed E-state index contributed by atoms with van der Waals surface area (Å²) < 4.78 is 23.6. The van der Waals surface area contributed by atoms with Gasteiger partial charge in [-0.1, -0.05) is 42.5 Å². The molecule has 120 valence electrons. The van der Waals surface area contributed by atoms with Crippen LogP contribution < -0.4 is 0 Å². The standard InChI is InChI=1S/C17H22O5/c1-17(2)21-15-14(19-11-12-7-4-3-5-8-12)13(9-6-10-18)20-16(15)22-17/h3-9,13-16,18H,10-11H2,1-2H3/b9-6-/t13-,14+,15-,16-/m1/s1. The van der Waals surface area contributed by atoms with Crippen molar-refractivity contribution in [3.63, 3.8) is 0 Å². The van der Waals surface area contributed by atoms with E-state index in [0.717, 1.165) is 5.56 Å². The Bertz CT molecular complexity index is 513. The number of aliphatic hydroxyl groups is 1. The number of hydrogen-bond acceptors (Lipinski definition) is 5. The van der Waals surface area contributed by atoms with Gasteiger partial charge in [-0.05, 0) is 19.4 Å². The molecule has 0 unspecified atom stereocenters. The van der Waals surface area contributed by atoms with Gasteiger partial charge in [0.2, 0.25) is 0 Å². The lowest BCUT2D eigenvalue weighted by molar-refractivity contribution is -0.213. The molecule has 0 bridgehead atoms. The first-order valence-electron chi connectivity index (χ1n) is 7.53. The number of ether oxygens (including phenoxy) is 4. The highest BCUT2D eigenvalue weighted by Gasteiger charge is 2.54. The maximum Gasteiger partial charge on any atom is 0.190 e. The van der Waals surface area contributed by atoms with E-state index in [4.69, 9.17) is 24.1 Å². The summed E-state index contributed by atoms with van der Waals surface area (Å²) >= 11 is 0. The van der Waals surface area contributed by atoms with Crippen LogP contribution in [0.2, 0.25) is 0 Å². The van der Waals surface area contributed by atoms with Gasteiger partial charge in [0, 0.05) is 0 Å². The van der Waals surface area contributed by atoms with Crippen LogP contribution in [0.1, 0.15) is 19.4 Å². The van der Waals surface area contributed by atoms with E-state index in [1.807, 2.05) is 44.2 Å². The highest BCUT2D eigenvalue weighted by Crippen LogP contribution is 2.39. The van der Waals surface area contributed by atoms with E-state index in [9.17, 15) is 0 Å². The Labute approximate surface area is 130 Å². The fraction of sp³-hybridized carbons (Fsp3) is 0.529. The Hall–Kier alpha value is -1.24. The number of benzene rings is 1. The SMILES string of the molecule is CC1(C)O[C@H]2O[C@H](/C=C\CO)[C@H](OCc3ccccc3)[C@H]2O1. The highest BCUT2D eigenvalue weighted by molar-refractivity contribution is 5.14. The van der Waals surface area contributed by atoms with Crippen molar-refractivity contribution in [3.05, 3.63) is 48.0 Å². The van der Waals surface area contributed by atoms with Crippen molar-refractivity contribution in [3.8, 4) is 0 Å². The molecule has 1 aromatic carbocycles. The predicted molar refractivity (Wildman–Crippen MR) is 79.9 cm³/mol. The first-order valence-corrected chi connectivity index (χ1v) is 7.53. The predicted octanol–water partition coefficient (Wildman–Crippen LogP) is 2.00. The van der Waals surface area contributed by atoms with Gasteiger partial charge in [0.05, 0.1) is 13.2 Å². The minimum absolute atomic E-state index is 0.0339. The van der Waals surface area contributed by atoms with Gasteiger partial charge in [-0.3, -0.25) is 0 Å². The van der Waals surface area contributed by atoms with E-state index in [-0.39, 0.29) is 24.9 Å². The molecule has 2 saturated heterocycles. The lowest BCUT2D eigenvalue weighted by Gasteiger charge is -2.24. The molecule has 1 N–H and O–H groups in total. The molecule has 0 amide bonds. The van der Waals surface area contributed by atoms with Gasteiger partial charge in [0.15, 0.2) is 12.1 Å². The molecule has 5 heteroatoms. The molecule has 2 heterocycles. The Morgan fingerprint density at radius 3 is 2.73 bits per heavy atom. The summed E-state index contributed by atoms with van der Waals surface area (Å²) in [6.45, 7) is 4.17. The summed E-state index contributed by atoms with van der Waals surface area (Å²) in [6.07, 6.45) is 2.18. The Balaban J connectivity index is 1.70. The lowest BCUT2D eigenvalue weighted by Crippen LogP contribution is -2.36. The molecule has 2 aliphatic heterocycles. The third-order valence-electron chi connectivity index (χ3n) is 3.74. The molecule has 2 fully saturated rings. The van der Waals surface area contributed by atoms with Crippen LogP contribution in [-0.4, -0.2) is 42.1 Å². The number of aliphatic hydroxyl groups excluding tert-OH is 1. The van der Waals surface area contributed by atoms with Gasteiger partial charge in [0.1, 0.15) is 18.3 Å². The normalized spacial score (nSPS) is 33.4. The van der Waals surface area contributed by atoms with Crippen LogP contribution in [0.5, 0.6) is 0 Å². The molecule has 5 nitrogen and oxygen atoms in total. The van der Waals surface area contributed by atoms with Gasteiger partial charge < -0.3 is 24.1 Å². The summed E-state index contributed by atoms with van der Waals surface area (Å²) in [5.41, 5.74) is 1.09. The Morgan fingerprint density at radius 1 is 1.23 bits per heavy atom. The van der Waals surface area contributed by atoms with Crippen LogP contribution in [-0.2, 0) is 25.6 Å². The summed E-state index contributed by atoms with van der Waals surface area (Å²) in [7, 11) is 0. The van der Waals surface area contributed by atoms with Crippen molar-refractivity contribution in [2.75, 3.05) is 6.61 Å². The summed E-state index contributed by atoms with van der Waals surface area (Å²) in [4.78, 5) is 0. The van der Waals surface area contributed by atoms with Crippen molar-refractivity contribution in [2.45, 2.75) is 50.8 Å². The van der Waals surface area contributed by atoms with Gasteiger partial charge in [-0.15, -0.1) is 0 Å². The second kappa shape index (κ2) is 6.48. The molecule has 0 aliphatic carbocycles. The second-order valence-electron chi connectivity index (χ2n) is 5.94. The number of hydrogen-bond donors (Lipinski definition) is 1. The molecular weight excluding hydrogens is 284 g/mol. The molecule has 2 aliphatic rings. The summed E-state index contributed by atoms with van der Waals surface area (Å²) in [6, 6.07) is 9.97. The van der Waals surface area contributed by atoms with Gasteiger partial charge in [-0.2, -0.15) is 0 Å². The topological polar surface area (TPSA) is 57.2 Å². The fourth-order valence-electron chi connectivity index (χ4n) is 2.81. The lowest BCUT2D eigenvalue weighted by atomic mass is 10.1. The number of rotatable bonds is 5. The molecule has 22 heavy (non-hydrogen) atoms. The molecule has 4 atom stereocenters. The zero-order valence-electron chi connectivity index (χ0n) is 12.8. The Kier molecular flexibility index (Phi) is 4.61. The summed E-state index contributed by atoms with van der Waals surface area (Å²) in [5, 5.41) is 8.96. The van der Waals surface area contributed by atoms with E-state index < -0.39 is 12.1 Å².